The Morgan fingerprint density at radius 1 is 1.29 bits per heavy atom. The summed E-state index contributed by atoms with van der Waals surface area (Å²) in [7, 11) is 0. The number of carbonyl (C=O) groups excluding carboxylic acids is 2. The van der Waals surface area contributed by atoms with Gasteiger partial charge >= 0.3 is 0 Å². The number of anilines is 3. The van der Waals surface area contributed by atoms with Gasteiger partial charge in [-0.05, 0) is 30.7 Å². The monoisotopic (exact) mass is 400 g/mol. The minimum atomic E-state index is -0.496. The molecule has 0 bridgehead atoms. The summed E-state index contributed by atoms with van der Waals surface area (Å²) in [6.45, 7) is 0. The first-order valence-electron chi connectivity index (χ1n) is 8.32. The molecule has 28 heavy (non-hydrogen) atoms. The van der Waals surface area contributed by atoms with Crippen molar-refractivity contribution in [2.75, 3.05) is 11.1 Å². The van der Waals surface area contributed by atoms with E-state index in [9.17, 15) is 14.0 Å². The van der Waals surface area contributed by atoms with Gasteiger partial charge in [0.05, 0.1) is 11.9 Å². The molecule has 1 fully saturated rings. The second kappa shape index (κ2) is 6.93. The zero-order valence-electron chi connectivity index (χ0n) is 14.4. The largest absolute Gasteiger partial charge is 0.383 e. The van der Waals surface area contributed by atoms with Gasteiger partial charge in [-0.1, -0.05) is 11.6 Å². The lowest BCUT2D eigenvalue weighted by atomic mass is 10.0. The van der Waals surface area contributed by atoms with Gasteiger partial charge in [0.25, 0.3) is 5.91 Å². The molecule has 0 radical (unpaired) electrons. The molecule has 10 heteroatoms. The number of amides is 2. The average molecular weight is 401 g/mol. The van der Waals surface area contributed by atoms with Gasteiger partial charge in [0, 0.05) is 28.6 Å². The molecule has 4 rings (SSSR count). The molecule has 0 atom stereocenters. The van der Waals surface area contributed by atoms with E-state index in [1.54, 1.807) is 6.08 Å². The molecule has 3 aromatic rings. The van der Waals surface area contributed by atoms with Gasteiger partial charge in [-0.2, -0.15) is 9.61 Å². The van der Waals surface area contributed by atoms with Gasteiger partial charge in [-0.3, -0.25) is 14.9 Å². The number of nitrogens with one attached hydrogen (secondary N) is 2. The van der Waals surface area contributed by atoms with E-state index in [1.807, 2.05) is 0 Å². The number of hydrogen-bond acceptors (Lipinski definition) is 6. The average Bonchev–Trinajstić information content (AvgIpc) is 3.04. The molecule has 1 aliphatic rings. The maximum Gasteiger partial charge on any atom is 0.253 e. The molecule has 2 amide bonds. The number of aromatic nitrogens is 3. The Morgan fingerprint density at radius 2 is 2.11 bits per heavy atom. The minimum Gasteiger partial charge on any atom is -0.383 e. The van der Waals surface area contributed by atoms with Crippen molar-refractivity contribution in [3.05, 3.63) is 52.4 Å². The zero-order valence-corrected chi connectivity index (χ0v) is 15.1. The minimum absolute atomic E-state index is 0.147. The lowest BCUT2D eigenvalue weighted by Gasteiger charge is -2.13. The number of nitrogen functional groups attached to an aromatic ring is 1. The van der Waals surface area contributed by atoms with Crippen LogP contribution in [-0.4, -0.2) is 26.4 Å². The van der Waals surface area contributed by atoms with Crippen molar-refractivity contribution in [2.45, 2.75) is 12.8 Å². The fourth-order valence-corrected chi connectivity index (χ4v) is 3.03. The molecule has 0 saturated carbocycles. The summed E-state index contributed by atoms with van der Waals surface area (Å²) in [4.78, 5) is 27.7. The Bertz CT molecular complexity index is 1160. The van der Waals surface area contributed by atoms with Gasteiger partial charge in [0.1, 0.15) is 17.5 Å². The fourth-order valence-electron chi connectivity index (χ4n) is 2.86. The first-order valence-corrected chi connectivity index (χ1v) is 8.69. The highest BCUT2D eigenvalue weighted by atomic mass is 35.5. The van der Waals surface area contributed by atoms with Crippen LogP contribution in [0.3, 0.4) is 0 Å². The van der Waals surface area contributed by atoms with Crippen LogP contribution in [0.2, 0.25) is 5.02 Å². The first-order chi connectivity index (χ1) is 13.4. The molecule has 0 unspecified atom stereocenters. The Hall–Kier alpha value is -3.46. The summed E-state index contributed by atoms with van der Waals surface area (Å²) in [5.74, 6) is -0.695. The van der Waals surface area contributed by atoms with E-state index in [-0.39, 0.29) is 29.7 Å². The van der Waals surface area contributed by atoms with E-state index in [1.165, 1.54) is 35.0 Å². The summed E-state index contributed by atoms with van der Waals surface area (Å²) >= 11 is 5.91. The van der Waals surface area contributed by atoms with E-state index in [2.05, 4.69) is 20.7 Å². The van der Waals surface area contributed by atoms with E-state index >= 15 is 0 Å². The number of hydrogen-bond donors (Lipinski definition) is 3. The molecule has 1 saturated heterocycles. The van der Waals surface area contributed by atoms with Crippen molar-refractivity contribution >= 4 is 52.5 Å². The number of nitrogens with two attached hydrogens (primary N) is 1. The Labute approximate surface area is 163 Å². The van der Waals surface area contributed by atoms with E-state index in [4.69, 9.17) is 17.3 Å². The predicted molar refractivity (Wildman–Crippen MR) is 102 cm³/mol. The Kier molecular flexibility index (Phi) is 4.44. The van der Waals surface area contributed by atoms with Crippen LogP contribution in [-0.2, 0) is 9.59 Å². The van der Waals surface area contributed by atoms with Crippen LogP contribution >= 0.6 is 11.6 Å². The summed E-state index contributed by atoms with van der Waals surface area (Å²) in [5.41, 5.74) is 7.53. The van der Waals surface area contributed by atoms with Crippen LogP contribution in [0.5, 0.6) is 0 Å². The van der Waals surface area contributed by atoms with Crippen molar-refractivity contribution in [2.24, 2.45) is 0 Å². The molecule has 0 aliphatic carbocycles. The van der Waals surface area contributed by atoms with Gasteiger partial charge < -0.3 is 11.1 Å². The quantitative estimate of drug-likeness (QED) is 0.460. The highest BCUT2D eigenvalue weighted by Gasteiger charge is 2.21. The molecular weight excluding hydrogens is 387 g/mol. The number of piperidine rings is 1. The lowest BCUT2D eigenvalue weighted by molar-refractivity contribution is -0.130. The maximum atomic E-state index is 14.0. The van der Waals surface area contributed by atoms with Crippen molar-refractivity contribution in [3.63, 3.8) is 0 Å². The first kappa shape index (κ1) is 17.9. The van der Waals surface area contributed by atoms with E-state index < -0.39 is 11.7 Å². The van der Waals surface area contributed by atoms with Crippen LogP contribution in [0.25, 0.3) is 11.7 Å². The molecule has 0 spiro atoms. The standard InChI is InChI=1S/C18H14ClFN6O2/c19-11-2-3-12(20)13(6-11)23-15-7-14(21)26-17(24-15)10(8-22-26)5-9-1-4-16(27)25-18(9)28/h2-3,5-8H,1,4,21H2,(H,23,24)(H,25,27,28)/b9-5+. The molecule has 4 N–H and O–H groups in total. The molecule has 8 nitrogen and oxygen atoms in total. The van der Waals surface area contributed by atoms with Gasteiger partial charge in [0.15, 0.2) is 5.65 Å². The third-order valence-corrected chi connectivity index (χ3v) is 4.45. The topological polar surface area (TPSA) is 114 Å². The highest BCUT2D eigenvalue weighted by molar-refractivity contribution is 6.30. The summed E-state index contributed by atoms with van der Waals surface area (Å²) in [6, 6.07) is 5.61. The second-order valence-electron chi connectivity index (χ2n) is 6.20. The van der Waals surface area contributed by atoms with Crippen molar-refractivity contribution in [1.82, 2.24) is 19.9 Å². The van der Waals surface area contributed by atoms with Gasteiger partial charge in [0.2, 0.25) is 5.91 Å². The fraction of sp³-hybridized carbons (Fsp3) is 0.111. The molecule has 1 aliphatic heterocycles. The second-order valence-corrected chi connectivity index (χ2v) is 6.63. The number of nitrogens with zero attached hydrogens (tertiary/aromatic N) is 3. The smallest absolute Gasteiger partial charge is 0.253 e. The molecule has 142 valence electrons. The van der Waals surface area contributed by atoms with Crippen molar-refractivity contribution in [3.8, 4) is 0 Å². The van der Waals surface area contributed by atoms with Crippen LogP contribution in [0.15, 0.2) is 36.0 Å². The third-order valence-electron chi connectivity index (χ3n) is 4.21. The van der Waals surface area contributed by atoms with Crippen LogP contribution < -0.4 is 16.4 Å². The number of benzene rings is 1. The van der Waals surface area contributed by atoms with Gasteiger partial charge in [-0.25, -0.2) is 9.37 Å². The SMILES string of the molecule is Nc1cc(Nc2cc(Cl)ccc2F)nc2c(/C=C3\CCC(=O)NC3=O)cnn12. The Morgan fingerprint density at radius 3 is 2.89 bits per heavy atom. The summed E-state index contributed by atoms with van der Waals surface area (Å²) in [6.07, 6.45) is 3.68. The van der Waals surface area contributed by atoms with E-state index in [0.29, 0.717) is 28.2 Å². The van der Waals surface area contributed by atoms with Crippen LogP contribution in [0.1, 0.15) is 18.4 Å². The summed E-state index contributed by atoms with van der Waals surface area (Å²) in [5, 5.41) is 9.65. The third kappa shape index (κ3) is 3.39. The molecular formula is C18H14ClFN6O2. The number of halogens is 2. The summed E-state index contributed by atoms with van der Waals surface area (Å²) < 4.78 is 15.4. The number of rotatable bonds is 3. The van der Waals surface area contributed by atoms with Crippen LogP contribution in [0.4, 0.5) is 21.7 Å². The lowest BCUT2D eigenvalue weighted by Crippen LogP contribution is -2.35. The normalized spacial score (nSPS) is 15.9. The van der Waals surface area contributed by atoms with Gasteiger partial charge in [-0.15, -0.1) is 0 Å². The number of fused-ring (bicyclic) bond motifs is 1. The maximum absolute atomic E-state index is 14.0. The highest BCUT2D eigenvalue weighted by Crippen LogP contribution is 2.26. The molecule has 3 heterocycles. The molecule has 1 aromatic carbocycles. The van der Waals surface area contributed by atoms with Crippen molar-refractivity contribution < 1.29 is 14.0 Å². The van der Waals surface area contributed by atoms with E-state index in [0.717, 1.165) is 0 Å². The van der Waals surface area contributed by atoms with Crippen LogP contribution in [0, 0.1) is 5.82 Å². The van der Waals surface area contributed by atoms with Crippen molar-refractivity contribution in [1.29, 1.82) is 0 Å². The number of imide groups is 1. The zero-order chi connectivity index (χ0) is 19.8. The molecule has 2 aromatic heterocycles. The Balaban J connectivity index is 1.73. The predicted octanol–water partition coefficient (Wildman–Crippen LogP) is 2.67. The number of carbonyl (C=O) groups is 2.